The van der Waals surface area contributed by atoms with Crippen LogP contribution in [0.3, 0.4) is 0 Å². The second-order valence-corrected chi connectivity index (χ2v) is 4.95. The van der Waals surface area contributed by atoms with E-state index in [0.29, 0.717) is 0 Å². The van der Waals surface area contributed by atoms with Gasteiger partial charge in [-0.2, -0.15) is 0 Å². The Balaban J connectivity index is 3.32. The lowest BCUT2D eigenvalue weighted by atomic mass is 10.0. The first-order chi connectivity index (χ1) is 8.41. The van der Waals surface area contributed by atoms with E-state index in [1.807, 2.05) is 56.0 Å². The van der Waals surface area contributed by atoms with Crippen LogP contribution in [0.1, 0.15) is 27.7 Å². The molecule has 98 valence electrons. The molecular weight excluding hydrogens is 230 g/mol. The molecule has 18 heavy (non-hydrogen) atoms. The molecule has 2 N–H and O–H groups in total. The summed E-state index contributed by atoms with van der Waals surface area (Å²) in [5, 5.41) is 24.4. The summed E-state index contributed by atoms with van der Waals surface area (Å²) in [6.07, 6.45) is 0. The quantitative estimate of drug-likeness (QED) is 0.366. The van der Waals surface area contributed by atoms with E-state index in [0.717, 1.165) is 5.69 Å². The molecule has 0 unspecified atom stereocenters. The highest BCUT2D eigenvalue weighted by Gasteiger charge is 2.28. The topological polar surface area (TPSA) is 68.4 Å². The lowest BCUT2D eigenvalue weighted by Gasteiger charge is -2.37. The van der Waals surface area contributed by atoms with E-state index < -0.39 is 0 Å². The van der Waals surface area contributed by atoms with Crippen LogP contribution in [0, 0.1) is 0 Å². The van der Waals surface area contributed by atoms with Crippen LogP contribution in [-0.4, -0.2) is 27.5 Å². The zero-order chi connectivity index (χ0) is 13.8. The van der Waals surface area contributed by atoms with Crippen molar-refractivity contribution >= 4 is 17.2 Å². The van der Waals surface area contributed by atoms with Crippen molar-refractivity contribution in [3.8, 4) is 0 Å². The standard InChI is InChI=1S/C13H19N3O2/c1-10(14-17)12(15-18)16(13(2,3)4)11-8-6-5-7-9-11/h5-9,17-18H,1-4H3/b14-10+,15-12+. The molecule has 1 aromatic carbocycles. The van der Waals surface area contributed by atoms with Crippen LogP contribution in [0.2, 0.25) is 0 Å². The minimum atomic E-state index is -0.325. The molecule has 0 saturated heterocycles. The molecule has 0 heterocycles. The molecule has 1 aromatic rings. The third kappa shape index (κ3) is 3.00. The number of para-hydroxylation sites is 1. The number of anilines is 1. The molecule has 0 amide bonds. The van der Waals surface area contributed by atoms with E-state index in [9.17, 15) is 5.21 Å². The van der Waals surface area contributed by atoms with Gasteiger partial charge in [-0.1, -0.05) is 28.5 Å². The van der Waals surface area contributed by atoms with Crippen LogP contribution in [-0.2, 0) is 0 Å². The summed E-state index contributed by atoms with van der Waals surface area (Å²) in [4.78, 5) is 1.81. The third-order valence-electron chi connectivity index (χ3n) is 2.47. The van der Waals surface area contributed by atoms with Gasteiger partial charge in [0.15, 0.2) is 5.84 Å². The number of hydrogen-bond acceptors (Lipinski definition) is 4. The molecule has 0 fully saturated rings. The molecule has 0 aliphatic carbocycles. The van der Waals surface area contributed by atoms with Crippen molar-refractivity contribution in [3.63, 3.8) is 0 Å². The largest absolute Gasteiger partial charge is 0.411 e. The molecule has 0 aromatic heterocycles. The van der Waals surface area contributed by atoms with Crippen molar-refractivity contribution in [2.24, 2.45) is 10.3 Å². The van der Waals surface area contributed by atoms with Crippen molar-refractivity contribution in [1.29, 1.82) is 0 Å². The summed E-state index contributed by atoms with van der Waals surface area (Å²) in [6.45, 7) is 7.53. The highest BCUT2D eigenvalue weighted by atomic mass is 16.4. The molecule has 0 radical (unpaired) electrons. The van der Waals surface area contributed by atoms with Crippen LogP contribution in [0.4, 0.5) is 5.69 Å². The van der Waals surface area contributed by atoms with E-state index in [4.69, 9.17) is 5.21 Å². The van der Waals surface area contributed by atoms with E-state index in [1.165, 1.54) is 0 Å². The van der Waals surface area contributed by atoms with E-state index >= 15 is 0 Å². The Morgan fingerprint density at radius 2 is 1.61 bits per heavy atom. The Hall–Kier alpha value is -2.04. The summed E-state index contributed by atoms with van der Waals surface area (Å²) in [5.74, 6) is 0.219. The van der Waals surface area contributed by atoms with Crippen molar-refractivity contribution in [2.75, 3.05) is 4.90 Å². The molecule has 0 atom stereocenters. The number of amidine groups is 1. The predicted octanol–water partition coefficient (Wildman–Crippen LogP) is 2.93. The first kappa shape index (κ1) is 14.0. The number of nitrogens with zero attached hydrogens (tertiary/aromatic N) is 3. The summed E-state index contributed by atoms with van der Waals surface area (Å²) in [5.41, 5.74) is 0.784. The summed E-state index contributed by atoms with van der Waals surface area (Å²) < 4.78 is 0. The molecule has 0 aliphatic heterocycles. The fourth-order valence-corrected chi connectivity index (χ4v) is 1.73. The fourth-order valence-electron chi connectivity index (χ4n) is 1.73. The van der Waals surface area contributed by atoms with Crippen LogP contribution < -0.4 is 4.90 Å². The molecule has 0 spiro atoms. The maximum Gasteiger partial charge on any atom is 0.197 e. The van der Waals surface area contributed by atoms with Crippen molar-refractivity contribution in [2.45, 2.75) is 33.2 Å². The van der Waals surface area contributed by atoms with E-state index in [2.05, 4.69) is 10.3 Å². The van der Waals surface area contributed by atoms with Crippen LogP contribution >= 0.6 is 0 Å². The van der Waals surface area contributed by atoms with Gasteiger partial charge in [0.25, 0.3) is 0 Å². The SMILES string of the molecule is CC(=N\O)/C(=N\O)N(c1ccccc1)C(C)(C)C. The third-order valence-corrected chi connectivity index (χ3v) is 2.47. The van der Waals surface area contributed by atoms with Crippen LogP contribution in [0.5, 0.6) is 0 Å². The van der Waals surface area contributed by atoms with E-state index in [-0.39, 0.29) is 17.1 Å². The Bertz CT molecular complexity index is 447. The summed E-state index contributed by atoms with van der Waals surface area (Å²) in [6, 6.07) is 9.51. The Labute approximate surface area is 107 Å². The number of hydrogen-bond donors (Lipinski definition) is 2. The van der Waals surface area contributed by atoms with Gasteiger partial charge in [-0.3, -0.25) is 0 Å². The predicted molar refractivity (Wildman–Crippen MR) is 72.8 cm³/mol. The summed E-state index contributed by atoms with van der Waals surface area (Å²) in [7, 11) is 0. The molecule has 0 aliphatic rings. The maximum atomic E-state index is 9.18. The first-order valence-electron chi connectivity index (χ1n) is 5.68. The second-order valence-electron chi connectivity index (χ2n) is 4.95. The van der Waals surface area contributed by atoms with Gasteiger partial charge in [0.1, 0.15) is 5.71 Å². The van der Waals surface area contributed by atoms with Gasteiger partial charge >= 0.3 is 0 Å². The molecule has 0 saturated carbocycles. The maximum absolute atomic E-state index is 9.18. The minimum absolute atomic E-state index is 0.219. The lowest BCUT2D eigenvalue weighted by Crippen LogP contribution is -2.48. The van der Waals surface area contributed by atoms with Crippen molar-refractivity contribution in [3.05, 3.63) is 30.3 Å². The van der Waals surface area contributed by atoms with Crippen LogP contribution in [0.25, 0.3) is 0 Å². The van der Waals surface area contributed by atoms with E-state index in [1.54, 1.807) is 6.92 Å². The summed E-state index contributed by atoms with van der Waals surface area (Å²) >= 11 is 0. The monoisotopic (exact) mass is 249 g/mol. The number of oxime groups is 2. The van der Waals surface area contributed by atoms with Gasteiger partial charge in [-0.15, -0.1) is 0 Å². The van der Waals surface area contributed by atoms with Gasteiger partial charge in [0, 0.05) is 11.2 Å². The normalized spacial score (nSPS) is 13.6. The zero-order valence-corrected chi connectivity index (χ0v) is 11.1. The van der Waals surface area contributed by atoms with Crippen LogP contribution in [0.15, 0.2) is 40.6 Å². The average Bonchev–Trinajstić information content (AvgIpc) is 2.34. The fraction of sp³-hybridized carbons (Fsp3) is 0.385. The van der Waals surface area contributed by atoms with Gasteiger partial charge in [0.05, 0.1) is 0 Å². The molecular formula is C13H19N3O2. The van der Waals surface area contributed by atoms with Gasteiger partial charge in [0.2, 0.25) is 0 Å². The number of rotatable bonds is 2. The van der Waals surface area contributed by atoms with Crippen molar-refractivity contribution < 1.29 is 10.4 Å². The van der Waals surface area contributed by atoms with Gasteiger partial charge in [-0.25, -0.2) is 0 Å². The Morgan fingerprint density at radius 1 is 1.06 bits per heavy atom. The highest BCUT2D eigenvalue weighted by Crippen LogP contribution is 2.24. The molecule has 0 bridgehead atoms. The zero-order valence-electron chi connectivity index (χ0n) is 11.1. The Morgan fingerprint density at radius 3 is 2.00 bits per heavy atom. The van der Waals surface area contributed by atoms with Crippen molar-refractivity contribution in [1.82, 2.24) is 0 Å². The molecule has 5 nitrogen and oxygen atoms in total. The van der Waals surface area contributed by atoms with Gasteiger partial charge < -0.3 is 15.3 Å². The average molecular weight is 249 g/mol. The smallest absolute Gasteiger partial charge is 0.197 e. The number of benzene rings is 1. The molecule has 1 rings (SSSR count). The van der Waals surface area contributed by atoms with Gasteiger partial charge in [-0.05, 0) is 39.8 Å². The Kier molecular flexibility index (Phi) is 4.31. The first-order valence-corrected chi connectivity index (χ1v) is 5.68. The second kappa shape index (κ2) is 5.53. The lowest BCUT2D eigenvalue weighted by molar-refractivity contribution is 0.312. The highest BCUT2D eigenvalue weighted by molar-refractivity contribution is 6.45. The minimum Gasteiger partial charge on any atom is -0.411 e. The molecule has 5 heteroatoms.